The van der Waals surface area contributed by atoms with E-state index >= 15 is 0 Å². The number of nitrogens with zero attached hydrogens (tertiary/aromatic N) is 3. The van der Waals surface area contributed by atoms with Crippen LogP contribution >= 0.6 is 11.8 Å². The standard InChI is InChI=1S/C21H21N3O2S2/c1-4-23-14-16(13-22-23)24-15(2)21(27-17-8-6-5-7-9-17)19-11-10-18(12-20(19)24)28(3,25)26/h5-14H,4H2,1-3H3. The minimum Gasteiger partial charge on any atom is -0.310 e. The van der Waals surface area contributed by atoms with Gasteiger partial charge in [0.2, 0.25) is 0 Å². The summed E-state index contributed by atoms with van der Waals surface area (Å²) in [6, 6.07) is 15.5. The summed E-state index contributed by atoms with van der Waals surface area (Å²) in [5.41, 5.74) is 2.86. The molecule has 0 saturated carbocycles. The Labute approximate surface area is 168 Å². The lowest BCUT2D eigenvalue weighted by Gasteiger charge is -2.06. The van der Waals surface area contributed by atoms with Crippen molar-refractivity contribution in [2.24, 2.45) is 0 Å². The lowest BCUT2D eigenvalue weighted by molar-refractivity contribution is 0.602. The Morgan fingerprint density at radius 2 is 1.86 bits per heavy atom. The molecule has 0 bridgehead atoms. The van der Waals surface area contributed by atoms with E-state index in [0.29, 0.717) is 4.90 Å². The molecule has 0 spiro atoms. The molecule has 144 valence electrons. The molecule has 2 aromatic carbocycles. The Bertz CT molecular complexity index is 1260. The number of aryl methyl sites for hydroxylation is 1. The quantitative estimate of drug-likeness (QED) is 0.477. The zero-order chi connectivity index (χ0) is 19.9. The molecule has 2 aromatic heterocycles. The van der Waals surface area contributed by atoms with Crippen molar-refractivity contribution in [2.75, 3.05) is 6.26 Å². The van der Waals surface area contributed by atoms with Crippen molar-refractivity contribution in [1.82, 2.24) is 14.3 Å². The van der Waals surface area contributed by atoms with Crippen molar-refractivity contribution in [1.29, 1.82) is 0 Å². The molecule has 0 amide bonds. The molecular formula is C21H21N3O2S2. The van der Waals surface area contributed by atoms with Gasteiger partial charge in [0.1, 0.15) is 0 Å². The van der Waals surface area contributed by atoms with Gasteiger partial charge in [0.15, 0.2) is 9.84 Å². The highest BCUT2D eigenvalue weighted by Gasteiger charge is 2.19. The summed E-state index contributed by atoms with van der Waals surface area (Å²) < 4.78 is 28.2. The molecule has 5 nitrogen and oxygen atoms in total. The number of benzene rings is 2. The third-order valence-corrected chi connectivity index (χ3v) is 7.05. The molecule has 4 rings (SSSR count). The Morgan fingerprint density at radius 3 is 2.50 bits per heavy atom. The molecule has 0 aliphatic heterocycles. The third-order valence-electron chi connectivity index (χ3n) is 4.71. The van der Waals surface area contributed by atoms with Gasteiger partial charge < -0.3 is 4.57 Å². The molecule has 0 saturated heterocycles. The minimum absolute atomic E-state index is 0.317. The largest absolute Gasteiger partial charge is 0.310 e. The van der Waals surface area contributed by atoms with Crippen LogP contribution in [0.5, 0.6) is 0 Å². The monoisotopic (exact) mass is 411 g/mol. The second kappa shape index (κ2) is 7.14. The van der Waals surface area contributed by atoms with Crippen molar-refractivity contribution in [3.63, 3.8) is 0 Å². The van der Waals surface area contributed by atoms with Crippen LogP contribution in [0.25, 0.3) is 16.6 Å². The predicted octanol–water partition coefficient (Wildman–Crippen LogP) is 4.71. The molecular weight excluding hydrogens is 390 g/mol. The number of rotatable bonds is 5. The maximum absolute atomic E-state index is 12.1. The van der Waals surface area contributed by atoms with Gasteiger partial charge in [0.25, 0.3) is 0 Å². The van der Waals surface area contributed by atoms with E-state index in [1.165, 1.54) is 6.26 Å². The van der Waals surface area contributed by atoms with Gasteiger partial charge in [-0.2, -0.15) is 5.10 Å². The first-order chi connectivity index (χ1) is 13.4. The fourth-order valence-corrected chi connectivity index (χ4v) is 5.00. The van der Waals surface area contributed by atoms with E-state index < -0.39 is 9.84 Å². The van der Waals surface area contributed by atoms with Crippen molar-refractivity contribution in [2.45, 2.75) is 35.1 Å². The van der Waals surface area contributed by atoms with E-state index in [9.17, 15) is 8.42 Å². The maximum atomic E-state index is 12.1. The van der Waals surface area contributed by atoms with Gasteiger partial charge >= 0.3 is 0 Å². The average Bonchev–Trinajstić information content (AvgIpc) is 3.24. The smallest absolute Gasteiger partial charge is 0.175 e. The van der Waals surface area contributed by atoms with Gasteiger partial charge in [0, 0.05) is 39.9 Å². The highest BCUT2D eigenvalue weighted by molar-refractivity contribution is 7.99. The molecule has 0 fully saturated rings. The zero-order valence-electron chi connectivity index (χ0n) is 16.0. The number of sulfone groups is 1. The fraction of sp³-hybridized carbons (Fsp3) is 0.190. The van der Waals surface area contributed by atoms with Crippen LogP contribution in [-0.4, -0.2) is 29.0 Å². The Morgan fingerprint density at radius 1 is 1.11 bits per heavy atom. The average molecular weight is 412 g/mol. The second-order valence-corrected chi connectivity index (χ2v) is 9.77. The first-order valence-electron chi connectivity index (χ1n) is 8.99. The number of hydrogen-bond acceptors (Lipinski definition) is 4. The lowest BCUT2D eigenvalue weighted by atomic mass is 10.2. The summed E-state index contributed by atoms with van der Waals surface area (Å²) in [6.45, 7) is 4.88. The Kier molecular flexibility index (Phi) is 4.81. The zero-order valence-corrected chi connectivity index (χ0v) is 17.6. The van der Waals surface area contributed by atoms with Crippen LogP contribution in [0.4, 0.5) is 0 Å². The van der Waals surface area contributed by atoms with Gasteiger partial charge in [0.05, 0.1) is 22.3 Å². The minimum atomic E-state index is -3.30. The van der Waals surface area contributed by atoms with Crippen LogP contribution in [-0.2, 0) is 16.4 Å². The summed E-state index contributed by atoms with van der Waals surface area (Å²) in [4.78, 5) is 2.57. The number of hydrogen-bond donors (Lipinski definition) is 0. The van der Waals surface area contributed by atoms with Crippen molar-refractivity contribution in [3.8, 4) is 5.69 Å². The number of fused-ring (bicyclic) bond motifs is 1. The predicted molar refractivity (Wildman–Crippen MR) is 113 cm³/mol. The summed E-state index contributed by atoms with van der Waals surface area (Å²) in [5.74, 6) is 0. The van der Waals surface area contributed by atoms with Gasteiger partial charge in [-0.15, -0.1) is 0 Å². The van der Waals surface area contributed by atoms with E-state index in [2.05, 4.69) is 28.7 Å². The molecule has 4 aromatic rings. The molecule has 0 aliphatic carbocycles. The van der Waals surface area contributed by atoms with Gasteiger partial charge in [-0.25, -0.2) is 8.42 Å². The topological polar surface area (TPSA) is 56.9 Å². The molecule has 28 heavy (non-hydrogen) atoms. The van der Waals surface area contributed by atoms with E-state index in [1.807, 2.05) is 48.3 Å². The van der Waals surface area contributed by atoms with Crippen molar-refractivity contribution < 1.29 is 8.42 Å². The van der Waals surface area contributed by atoms with Crippen LogP contribution in [0, 0.1) is 6.92 Å². The first-order valence-corrected chi connectivity index (χ1v) is 11.7. The van der Waals surface area contributed by atoms with Crippen molar-refractivity contribution in [3.05, 3.63) is 66.6 Å². The second-order valence-electron chi connectivity index (χ2n) is 6.67. The van der Waals surface area contributed by atoms with Crippen LogP contribution in [0.15, 0.2) is 75.6 Å². The summed E-state index contributed by atoms with van der Waals surface area (Å²) in [6.07, 6.45) is 5.04. The van der Waals surface area contributed by atoms with E-state index in [1.54, 1.807) is 23.9 Å². The molecule has 0 atom stereocenters. The molecule has 0 unspecified atom stereocenters. The van der Waals surface area contributed by atoms with Crippen LogP contribution < -0.4 is 0 Å². The van der Waals surface area contributed by atoms with Crippen LogP contribution in [0.3, 0.4) is 0 Å². The summed E-state index contributed by atoms with van der Waals surface area (Å²) in [5, 5.41) is 5.42. The van der Waals surface area contributed by atoms with Crippen LogP contribution in [0.2, 0.25) is 0 Å². The maximum Gasteiger partial charge on any atom is 0.175 e. The fourth-order valence-electron chi connectivity index (χ4n) is 3.31. The highest BCUT2D eigenvalue weighted by Crippen LogP contribution is 2.40. The highest BCUT2D eigenvalue weighted by atomic mass is 32.2. The molecule has 0 N–H and O–H groups in total. The number of aromatic nitrogens is 3. The van der Waals surface area contributed by atoms with Crippen LogP contribution in [0.1, 0.15) is 12.6 Å². The van der Waals surface area contributed by atoms with E-state index in [4.69, 9.17) is 0 Å². The summed E-state index contributed by atoms with van der Waals surface area (Å²) in [7, 11) is -3.30. The SMILES string of the molecule is CCn1cc(-n2c(C)c(Sc3ccccc3)c3ccc(S(C)(=O)=O)cc32)cn1. The van der Waals surface area contributed by atoms with Gasteiger partial charge in [-0.1, -0.05) is 36.0 Å². The molecule has 2 heterocycles. The molecule has 7 heteroatoms. The van der Waals surface area contributed by atoms with E-state index in [-0.39, 0.29) is 0 Å². The van der Waals surface area contributed by atoms with Gasteiger partial charge in [-0.05, 0) is 38.1 Å². The Balaban J connectivity index is 1.98. The van der Waals surface area contributed by atoms with E-state index in [0.717, 1.165) is 38.6 Å². The first kappa shape index (κ1) is 18.8. The normalized spacial score (nSPS) is 12.0. The lowest BCUT2D eigenvalue weighted by Crippen LogP contribution is -1.99. The Hall–Kier alpha value is -2.51. The van der Waals surface area contributed by atoms with Gasteiger partial charge in [-0.3, -0.25) is 4.68 Å². The summed E-state index contributed by atoms with van der Waals surface area (Å²) >= 11 is 1.69. The van der Waals surface area contributed by atoms with Crippen molar-refractivity contribution >= 4 is 32.5 Å². The molecule has 0 aliphatic rings. The molecule has 0 radical (unpaired) electrons. The third kappa shape index (κ3) is 3.36.